The Hall–Kier alpha value is -2.56. The minimum Gasteiger partial charge on any atom is -0.451 e. The third-order valence-corrected chi connectivity index (χ3v) is 3.40. The predicted molar refractivity (Wildman–Crippen MR) is 78.7 cm³/mol. The molecule has 1 N–H and O–H groups in total. The largest absolute Gasteiger partial charge is 0.451 e. The van der Waals surface area contributed by atoms with E-state index in [0.29, 0.717) is 5.69 Å². The van der Waals surface area contributed by atoms with Crippen LogP contribution in [0.4, 0.5) is 0 Å². The van der Waals surface area contributed by atoms with Gasteiger partial charge in [0.15, 0.2) is 6.61 Å². The van der Waals surface area contributed by atoms with Crippen LogP contribution in [-0.4, -0.2) is 35.4 Å². The zero-order chi connectivity index (χ0) is 15.2. The SMILES string of the molecule is C[C@@H](c1ccccc1)N(C)C(=O)COC(=O)c1ccc[nH]1. The van der Waals surface area contributed by atoms with E-state index in [1.165, 1.54) is 0 Å². The summed E-state index contributed by atoms with van der Waals surface area (Å²) >= 11 is 0. The van der Waals surface area contributed by atoms with Crippen molar-refractivity contribution < 1.29 is 14.3 Å². The van der Waals surface area contributed by atoms with E-state index in [0.717, 1.165) is 5.56 Å². The van der Waals surface area contributed by atoms with Gasteiger partial charge in [-0.2, -0.15) is 0 Å². The zero-order valence-electron chi connectivity index (χ0n) is 12.1. The molecule has 0 unspecified atom stereocenters. The fraction of sp³-hybridized carbons (Fsp3) is 0.250. The lowest BCUT2D eigenvalue weighted by molar-refractivity contribution is -0.135. The molecule has 2 rings (SSSR count). The first-order chi connectivity index (χ1) is 10.1. The Kier molecular flexibility index (Phi) is 4.77. The number of aromatic amines is 1. The van der Waals surface area contributed by atoms with Crippen LogP contribution in [0.25, 0.3) is 0 Å². The van der Waals surface area contributed by atoms with Gasteiger partial charge in [-0.15, -0.1) is 0 Å². The number of nitrogens with one attached hydrogen (secondary N) is 1. The van der Waals surface area contributed by atoms with Crippen molar-refractivity contribution >= 4 is 11.9 Å². The van der Waals surface area contributed by atoms with Crippen molar-refractivity contribution in [3.8, 4) is 0 Å². The molecule has 110 valence electrons. The second-order valence-electron chi connectivity index (χ2n) is 4.75. The first-order valence-corrected chi connectivity index (χ1v) is 6.70. The number of hydrogen-bond donors (Lipinski definition) is 1. The molecule has 0 aliphatic rings. The van der Waals surface area contributed by atoms with E-state index in [4.69, 9.17) is 4.74 Å². The van der Waals surface area contributed by atoms with Crippen molar-refractivity contribution in [1.82, 2.24) is 9.88 Å². The van der Waals surface area contributed by atoms with Crippen LogP contribution in [0.15, 0.2) is 48.7 Å². The third kappa shape index (κ3) is 3.72. The fourth-order valence-corrected chi connectivity index (χ4v) is 1.94. The number of H-pyrrole nitrogens is 1. The smallest absolute Gasteiger partial charge is 0.355 e. The van der Waals surface area contributed by atoms with Gasteiger partial charge < -0.3 is 14.6 Å². The molecular weight excluding hydrogens is 268 g/mol. The van der Waals surface area contributed by atoms with Crippen molar-refractivity contribution in [2.45, 2.75) is 13.0 Å². The summed E-state index contributed by atoms with van der Waals surface area (Å²) in [7, 11) is 1.70. The molecule has 0 saturated carbocycles. The number of benzene rings is 1. The summed E-state index contributed by atoms with van der Waals surface area (Å²) in [6.07, 6.45) is 1.63. The van der Waals surface area contributed by atoms with Gasteiger partial charge >= 0.3 is 5.97 Å². The lowest BCUT2D eigenvalue weighted by Crippen LogP contribution is -2.33. The Labute approximate surface area is 123 Å². The van der Waals surface area contributed by atoms with Crippen molar-refractivity contribution in [1.29, 1.82) is 0 Å². The molecule has 0 aliphatic carbocycles. The second-order valence-corrected chi connectivity index (χ2v) is 4.75. The first-order valence-electron chi connectivity index (χ1n) is 6.70. The number of carbonyl (C=O) groups is 2. The van der Waals surface area contributed by atoms with Crippen LogP contribution in [0.5, 0.6) is 0 Å². The first kappa shape index (κ1) is 14.8. The van der Waals surface area contributed by atoms with E-state index >= 15 is 0 Å². The average molecular weight is 286 g/mol. The van der Waals surface area contributed by atoms with E-state index in [-0.39, 0.29) is 18.6 Å². The fourth-order valence-electron chi connectivity index (χ4n) is 1.94. The number of carbonyl (C=O) groups excluding carboxylic acids is 2. The summed E-state index contributed by atoms with van der Waals surface area (Å²) in [4.78, 5) is 28.0. The molecule has 1 heterocycles. The van der Waals surface area contributed by atoms with Gasteiger partial charge in [-0.25, -0.2) is 4.79 Å². The number of esters is 1. The summed E-state index contributed by atoms with van der Waals surface area (Å²) in [6, 6.07) is 12.9. The van der Waals surface area contributed by atoms with E-state index in [1.54, 1.807) is 30.3 Å². The third-order valence-electron chi connectivity index (χ3n) is 3.40. The Morgan fingerprint density at radius 3 is 2.52 bits per heavy atom. The predicted octanol–water partition coefficient (Wildman–Crippen LogP) is 2.39. The molecule has 1 aromatic heterocycles. The molecule has 2 aromatic rings. The topological polar surface area (TPSA) is 62.4 Å². The van der Waals surface area contributed by atoms with Gasteiger partial charge in [-0.05, 0) is 24.6 Å². The Morgan fingerprint density at radius 2 is 1.90 bits per heavy atom. The minimum atomic E-state index is -0.533. The highest BCUT2D eigenvalue weighted by Crippen LogP contribution is 2.18. The monoisotopic (exact) mass is 286 g/mol. The number of likely N-dealkylation sites (N-methyl/N-ethyl adjacent to an activating group) is 1. The number of rotatable bonds is 5. The number of aromatic nitrogens is 1. The quantitative estimate of drug-likeness (QED) is 0.858. The van der Waals surface area contributed by atoms with Gasteiger partial charge in [0.25, 0.3) is 5.91 Å². The maximum atomic E-state index is 12.1. The number of nitrogens with zero attached hydrogens (tertiary/aromatic N) is 1. The molecule has 21 heavy (non-hydrogen) atoms. The van der Waals surface area contributed by atoms with E-state index in [9.17, 15) is 9.59 Å². The molecule has 0 spiro atoms. The van der Waals surface area contributed by atoms with Crippen molar-refractivity contribution in [2.24, 2.45) is 0 Å². The van der Waals surface area contributed by atoms with Crippen molar-refractivity contribution in [2.75, 3.05) is 13.7 Å². The lowest BCUT2D eigenvalue weighted by atomic mass is 10.1. The number of amides is 1. The summed E-state index contributed by atoms with van der Waals surface area (Å²) in [5.41, 5.74) is 1.37. The molecule has 0 aliphatic heterocycles. The Bertz CT molecular complexity index is 593. The van der Waals surface area contributed by atoms with Gasteiger partial charge in [0.05, 0.1) is 6.04 Å². The van der Waals surface area contributed by atoms with Gasteiger partial charge in [0.2, 0.25) is 0 Å². The van der Waals surface area contributed by atoms with Gasteiger partial charge in [0.1, 0.15) is 5.69 Å². The van der Waals surface area contributed by atoms with E-state index in [2.05, 4.69) is 4.98 Å². The molecule has 1 amide bonds. The molecule has 0 saturated heterocycles. The molecule has 0 fully saturated rings. The van der Waals surface area contributed by atoms with Crippen LogP contribution in [0.2, 0.25) is 0 Å². The molecule has 1 aromatic carbocycles. The maximum Gasteiger partial charge on any atom is 0.355 e. The average Bonchev–Trinajstić information content (AvgIpc) is 3.06. The minimum absolute atomic E-state index is 0.0807. The van der Waals surface area contributed by atoms with Crippen LogP contribution in [0.3, 0.4) is 0 Å². The summed E-state index contributed by atoms with van der Waals surface area (Å²) in [6.45, 7) is 1.66. The van der Waals surface area contributed by atoms with Crippen molar-refractivity contribution in [3.05, 3.63) is 59.9 Å². The van der Waals surface area contributed by atoms with Crippen LogP contribution < -0.4 is 0 Å². The molecule has 0 bridgehead atoms. The number of ether oxygens (including phenoxy) is 1. The Balaban J connectivity index is 1.89. The summed E-state index contributed by atoms with van der Waals surface area (Å²) in [5, 5.41) is 0. The lowest BCUT2D eigenvalue weighted by Gasteiger charge is -2.25. The van der Waals surface area contributed by atoms with Gasteiger partial charge in [-0.3, -0.25) is 4.79 Å². The van der Waals surface area contributed by atoms with Gasteiger partial charge in [0, 0.05) is 13.2 Å². The van der Waals surface area contributed by atoms with Crippen LogP contribution in [-0.2, 0) is 9.53 Å². The molecular formula is C16H18N2O3. The maximum absolute atomic E-state index is 12.1. The highest BCUT2D eigenvalue weighted by Gasteiger charge is 2.19. The normalized spacial score (nSPS) is 11.7. The second kappa shape index (κ2) is 6.74. The van der Waals surface area contributed by atoms with Crippen LogP contribution in [0, 0.1) is 0 Å². The zero-order valence-corrected chi connectivity index (χ0v) is 12.1. The summed E-state index contributed by atoms with van der Waals surface area (Å²) < 4.78 is 4.99. The van der Waals surface area contributed by atoms with Crippen molar-refractivity contribution in [3.63, 3.8) is 0 Å². The molecule has 1 atom stereocenters. The summed E-state index contributed by atoms with van der Waals surface area (Å²) in [5.74, 6) is -0.777. The van der Waals surface area contributed by atoms with Crippen LogP contribution in [0.1, 0.15) is 29.0 Å². The number of hydrogen-bond acceptors (Lipinski definition) is 3. The van der Waals surface area contributed by atoms with E-state index in [1.807, 2.05) is 37.3 Å². The molecule has 5 nitrogen and oxygen atoms in total. The van der Waals surface area contributed by atoms with Gasteiger partial charge in [-0.1, -0.05) is 30.3 Å². The van der Waals surface area contributed by atoms with Crippen LogP contribution >= 0.6 is 0 Å². The molecule has 5 heteroatoms. The van der Waals surface area contributed by atoms with E-state index < -0.39 is 5.97 Å². The highest BCUT2D eigenvalue weighted by atomic mass is 16.5. The highest BCUT2D eigenvalue weighted by molar-refractivity contribution is 5.89. The Morgan fingerprint density at radius 1 is 1.19 bits per heavy atom. The standard InChI is InChI=1S/C16H18N2O3/c1-12(13-7-4-3-5-8-13)18(2)15(19)11-21-16(20)14-9-6-10-17-14/h3-10,12,17H,11H2,1-2H3/t12-/m0/s1. The molecule has 0 radical (unpaired) electrons.